The van der Waals surface area contributed by atoms with Crippen LogP contribution < -0.4 is 21.5 Å². The van der Waals surface area contributed by atoms with Crippen LogP contribution in [0.4, 0.5) is 5.69 Å². The van der Waals surface area contributed by atoms with Gasteiger partial charge in [-0.05, 0) is 123 Å². The van der Waals surface area contributed by atoms with E-state index in [-0.39, 0.29) is 49.1 Å². The first-order chi connectivity index (χ1) is 28.5. The number of carbonyl (C=O) groups is 3. The summed E-state index contributed by atoms with van der Waals surface area (Å²) in [4.78, 5) is 56.1. The molecule has 4 fully saturated rings. The summed E-state index contributed by atoms with van der Waals surface area (Å²) in [6, 6.07) is 5.65. The zero-order valence-electron chi connectivity index (χ0n) is 35.1. The van der Waals surface area contributed by atoms with Gasteiger partial charge in [0.1, 0.15) is 6.61 Å². The van der Waals surface area contributed by atoms with E-state index < -0.39 is 0 Å². The minimum atomic E-state index is -0.385. The lowest BCUT2D eigenvalue weighted by Gasteiger charge is -2.91. The quantitative estimate of drug-likeness (QED) is 0.0804. The fourth-order valence-corrected chi connectivity index (χ4v) is 11.1. The van der Waals surface area contributed by atoms with E-state index in [2.05, 4.69) is 20.9 Å². The van der Waals surface area contributed by atoms with Crippen LogP contribution in [-0.2, 0) is 35.1 Å². The lowest BCUT2D eigenvalue weighted by molar-refractivity contribution is -0.430. The van der Waals surface area contributed by atoms with Crippen molar-refractivity contribution in [1.82, 2.24) is 20.5 Å². The largest absolute Gasteiger partial charge is 0.382 e. The van der Waals surface area contributed by atoms with Crippen LogP contribution in [0.15, 0.2) is 29.1 Å². The van der Waals surface area contributed by atoms with Crippen molar-refractivity contribution < 1.29 is 33.3 Å². The maximum absolute atomic E-state index is 13.6. The summed E-state index contributed by atoms with van der Waals surface area (Å²) in [5.74, 6) is 2.46. The average molecular weight is 815 g/mol. The molecule has 0 bridgehead atoms. The molecule has 5 aliphatic rings. The normalized spacial score (nSPS) is 24.7. The molecule has 14 heteroatoms. The molecule has 320 valence electrons. The Morgan fingerprint density at radius 2 is 1.61 bits per heavy atom. The first-order valence-corrected chi connectivity index (χ1v) is 21.4. The van der Waals surface area contributed by atoms with Gasteiger partial charge in [0.2, 0.25) is 11.8 Å². The molecule has 1 spiro atoms. The number of aryl methyl sites for hydroxylation is 2. The Labute approximate surface area is 347 Å². The summed E-state index contributed by atoms with van der Waals surface area (Å²) < 4.78 is 22.4. The highest BCUT2D eigenvalue weighted by Gasteiger charge is 2.87. The fourth-order valence-electron chi connectivity index (χ4n) is 11.1. The van der Waals surface area contributed by atoms with Gasteiger partial charge in [0.25, 0.3) is 11.5 Å². The summed E-state index contributed by atoms with van der Waals surface area (Å²) in [6.07, 6.45) is 9.84. The highest BCUT2D eigenvalue weighted by Crippen LogP contribution is 2.93. The second-order valence-corrected chi connectivity index (χ2v) is 17.5. The maximum Gasteiger partial charge on any atom is 0.253 e. The monoisotopic (exact) mass is 814 g/mol. The summed E-state index contributed by atoms with van der Waals surface area (Å²) in [5, 5.41) is 17.4. The van der Waals surface area contributed by atoms with Gasteiger partial charge in [-0.25, -0.2) is 0 Å². The molecule has 1 aromatic carbocycles. The predicted molar refractivity (Wildman–Crippen MR) is 225 cm³/mol. The van der Waals surface area contributed by atoms with Crippen LogP contribution in [0.25, 0.3) is 5.57 Å². The SMILES string of the molecule is Cc1cc(C)c(CNC(=O)c2cc(C3=CCN(C(=O)COCCOCCOCCOCCNC(=O)CC45CC6CC7CC(C4)C765)CC3)cc(NC(C)C)c2C=N)c(=O)[nH]1. The van der Waals surface area contributed by atoms with E-state index in [1.54, 1.807) is 11.0 Å². The number of hydrogen-bond donors (Lipinski definition) is 5. The molecular formula is C45H62N6O8. The molecule has 14 nitrogen and oxygen atoms in total. The molecule has 2 aromatic rings. The number of H-pyrrole nitrogens is 1. The van der Waals surface area contributed by atoms with Gasteiger partial charge in [0.15, 0.2) is 0 Å². The van der Waals surface area contributed by atoms with Crippen LogP contribution >= 0.6 is 0 Å². The van der Waals surface area contributed by atoms with Crippen molar-refractivity contribution in [2.45, 2.75) is 78.8 Å². The number of nitrogens with one attached hydrogen (secondary N) is 5. The standard InChI is InChI=1S/C45H62N6O8/c1-28(2)49-39-19-32(18-36(37(39)25-46)42(54)48-26-38-29(3)17-30(4)50-43(38)55)31-5-8-51(9-6-31)41(53)27-59-16-15-58-14-13-57-12-11-56-10-7-47-40(52)24-44-22-34-20-33-21-35(23-44)45(33,34)44/h5,17-19,25,28,33-35,46,49H,6-16,20-24,26-27H2,1-4H3,(H,47,52)(H,48,54)(H,50,55). The number of pyridine rings is 1. The third-order valence-electron chi connectivity index (χ3n) is 13.6. The second kappa shape index (κ2) is 18.5. The van der Waals surface area contributed by atoms with Crippen molar-refractivity contribution >= 4 is 35.2 Å². The Bertz CT molecular complexity index is 1970. The smallest absolute Gasteiger partial charge is 0.253 e. The van der Waals surface area contributed by atoms with Crippen molar-refractivity contribution in [2.75, 3.05) is 77.8 Å². The number of carbonyl (C=O) groups excluding carboxylic acids is 3. The van der Waals surface area contributed by atoms with Crippen LogP contribution in [0, 0.1) is 47.8 Å². The van der Waals surface area contributed by atoms with Crippen molar-refractivity contribution in [3.63, 3.8) is 0 Å². The van der Waals surface area contributed by atoms with Crippen molar-refractivity contribution in [3.05, 3.63) is 68.1 Å². The lowest BCUT2D eigenvalue weighted by atomic mass is 9.13. The minimum Gasteiger partial charge on any atom is -0.382 e. The molecule has 0 radical (unpaired) electrons. The van der Waals surface area contributed by atoms with Crippen LogP contribution in [0.5, 0.6) is 0 Å². The number of hydrogen-bond acceptors (Lipinski definition) is 10. The zero-order chi connectivity index (χ0) is 41.7. The maximum atomic E-state index is 13.6. The number of nitrogens with zero attached hydrogens (tertiary/aromatic N) is 1. The Morgan fingerprint density at radius 1 is 0.932 bits per heavy atom. The fraction of sp³-hybridized carbons (Fsp3) is 0.622. The lowest BCUT2D eigenvalue weighted by Crippen LogP contribution is -2.85. The third-order valence-corrected chi connectivity index (χ3v) is 13.6. The minimum absolute atomic E-state index is 0.0476. The summed E-state index contributed by atoms with van der Waals surface area (Å²) in [5.41, 5.74) is 6.00. The zero-order valence-corrected chi connectivity index (χ0v) is 35.1. The van der Waals surface area contributed by atoms with E-state index >= 15 is 0 Å². The predicted octanol–water partition coefficient (Wildman–Crippen LogP) is 4.36. The van der Waals surface area contributed by atoms with Gasteiger partial charge < -0.3 is 50.2 Å². The van der Waals surface area contributed by atoms with Crippen molar-refractivity contribution in [2.24, 2.45) is 28.6 Å². The number of anilines is 1. The molecule has 5 N–H and O–H groups in total. The van der Waals surface area contributed by atoms with Gasteiger partial charge in [-0.1, -0.05) is 6.08 Å². The number of aromatic amines is 1. The molecule has 1 aliphatic heterocycles. The third kappa shape index (κ3) is 8.78. The summed E-state index contributed by atoms with van der Waals surface area (Å²) in [7, 11) is 0. The molecule has 4 aliphatic carbocycles. The molecule has 59 heavy (non-hydrogen) atoms. The summed E-state index contributed by atoms with van der Waals surface area (Å²) >= 11 is 0. The van der Waals surface area contributed by atoms with Crippen molar-refractivity contribution in [3.8, 4) is 0 Å². The Hall–Kier alpha value is -4.37. The Morgan fingerprint density at radius 3 is 2.20 bits per heavy atom. The van der Waals surface area contributed by atoms with Crippen LogP contribution in [0.1, 0.15) is 90.7 Å². The topological polar surface area (TPSA) is 184 Å². The molecule has 2 heterocycles. The van der Waals surface area contributed by atoms with Crippen molar-refractivity contribution in [1.29, 1.82) is 5.41 Å². The van der Waals surface area contributed by atoms with Gasteiger partial charge in [-0.15, -0.1) is 0 Å². The van der Waals surface area contributed by atoms with Gasteiger partial charge in [0.05, 0.1) is 51.8 Å². The molecule has 0 saturated heterocycles. The molecule has 2 atom stereocenters. The van der Waals surface area contributed by atoms with Gasteiger partial charge in [0, 0.05) is 67.4 Å². The highest BCUT2D eigenvalue weighted by molar-refractivity contribution is 6.06. The van der Waals surface area contributed by atoms with Gasteiger partial charge in [-0.2, -0.15) is 0 Å². The van der Waals surface area contributed by atoms with E-state index in [0.717, 1.165) is 40.1 Å². The summed E-state index contributed by atoms with van der Waals surface area (Å²) in [6.45, 7) is 11.9. The van der Waals surface area contributed by atoms with Crippen LogP contribution in [0.2, 0.25) is 0 Å². The number of rotatable bonds is 23. The van der Waals surface area contributed by atoms with Gasteiger partial charge >= 0.3 is 0 Å². The van der Waals surface area contributed by atoms with E-state index in [9.17, 15) is 19.2 Å². The van der Waals surface area contributed by atoms with E-state index in [4.69, 9.17) is 24.4 Å². The molecule has 3 amide bonds. The van der Waals surface area contributed by atoms with Crippen LogP contribution in [-0.4, -0.2) is 112 Å². The number of benzene rings is 1. The number of aromatic nitrogens is 1. The second-order valence-electron chi connectivity index (χ2n) is 17.5. The number of amides is 3. The van der Waals surface area contributed by atoms with Crippen LogP contribution in [0.3, 0.4) is 0 Å². The highest BCUT2D eigenvalue weighted by atomic mass is 16.6. The molecule has 2 unspecified atom stereocenters. The Balaban J connectivity index is 0.752. The Kier molecular flexibility index (Phi) is 13.4. The molecular weight excluding hydrogens is 753 g/mol. The van der Waals surface area contributed by atoms with E-state index in [1.165, 1.54) is 31.9 Å². The first-order valence-electron chi connectivity index (χ1n) is 21.4. The molecule has 7 rings (SSSR count). The number of ether oxygens (including phenoxy) is 4. The van der Waals surface area contributed by atoms with E-state index in [1.807, 2.05) is 45.9 Å². The van der Waals surface area contributed by atoms with Gasteiger partial charge in [-0.3, -0.25) is 19.2 Å². The average Bonchev–Trinajstić information content (AvgIpc) is 3.17. The molecule has 1 aromatic heterocycles. The first kappa shape index (κ1) is 42.7. The molecule has 4 saturated carbocycles. The van der Waals surface area contributed by atoms with E-state index in [0.29, 0.717) is 105 Å².